The molecule has 132 valence electrons. The SMILES string of the molecule is O=Cc1cc(OCc2ccc(Cl)cc2)ccc1OCc1ccc(Cl)cc1. The third-order valence-electron chi connectivity index (χ3n) is 3.73. The Morgan fingerprint density at radius 3 is 1.81 bits per heavy atom. The van der Waals surface area contributed by atoms with E-state index in [0.29, 0.717) is 40.3 Å². The Morgan fingerprint density at radius 2 is 1.27 bits per heavy atom. The lowest BCUT2D eigenvalue weighted by Crippen LogP contribution is -2.00. The third-order valence-corrected chi connectivity index (χ3v) is 4.24. The number of hydrogen-bond acceptors (Lipinski definition) is 3. The minimum absolute atomic E-state index is 0.350. The minimum atomic E-state index is 0.350. The van der Waals surface area contributed by atoms with Crippen LogP contribution in [0.5, 0.6) is 11.5 Å². The molecule has 0 aromatic heterocycles. The van der Waals surface area contributed by atoms with Gasteiger partial charge in [0, 0.05) is 10.0 Å². The molecular formula is C21H16Cl2O3. The number of aldehydes is 1. The molecule has 0 radical (unpaired) electrons. The molecule has 3 nitrogen and oxygen atoms in total. The first-order valence-electron chi connectivity index (χ1n) is 7.98. The van der Waals surface area contributed by atoms with Gasteiger partial charge >= 0.3 is 0 Å². The Hall–Kier alpha value is -2.49. The van der Waals surface area contributed by atoms with Crippen molar-refractivity contribution in [3.8, 4) is 11.5 Å². The van der Waals surface area contributed by atoms with Crippen LogP contribution in [0.2, 0.25) is 10.0 Å². The molecule has 0 aliphatic heterocycles. The monoisotopic (exact) mass is 386 g/mol. The average molecular weight is 387 g/mol. The first kappa shape index (κ1) is 18.3. The molecule has 0 amide bonds. The Morgan fingerprint density at radius 1 is 0.731 bits per heavy atom. The summed E-state index contributed by atoms with van der Waals surface area (Å²) in [6, 6.07) is 20.0. The zero-order valence-electron chi connectivity index (χ0n) is 13.8. The fraction of sp³-hybridized carbons (Fsp3) is 0.0952. The van der Waals surface area contributed by atoms with E-state index in [2.05, 4.69) is 0 Å². The molecule has 0 atom stereocenters. The van der Waals surface area contributed by atoms with Crippen molar-refractivity contribution in [2.75, 3.05) is 0 Å². The maximum atomic E-state index is 11.4. The number of rotatable bonds is 7. The number of hydrogen-bond donors (Lipinski definition) is 0. The number of ether oxygens (including phenoxy) is 2. The second-order valence-electron chi connectivity index (χ2n) is 5.65. The van der Waals surface area contributed by atoms with Gasteiger partial charge in [0.15, 0.2) is 6.29 Å². The van der Waals surface area contributed by atoms with Crippen LogP contribution >= 0.6 is 23.2 Å². The van der Waals surface area contributed by atoms with Crippen molar-refractivity contribution < 1.29 is 14.3 Å². The summed E-state index contributed by atoms with van der Waals surface area (Å²) in [6.45, 7) is 0.740. The van der Waals surface area contributed by atoms with E-state index in [1.165, 1.54) is 0 Å². The highest BCUT2D eigenvalue weighted by molar-refractivity contribution is 6.30. The van der Waals surface area contributed by atoms with Gasteiger partial charge in [0.2, 0.25) is 0 Å². The fourth-order valence-corrected chi connectivity index (χ4v) is 2.58. The molecule has 5 heteroatoms. The molecule has 0 heterocycles. The molecule has 0 unspecified atom stereocenters. The summed E-state index contributed by atoms with van der Waals surface area (Å²) in [7, 11) is 0. The van der Waals surface area contributed by atoms with E-state index < -0.39 is 0 Å². The first-order valence-corrected chi connectivity index (χ1v) is 8.73. The minimum Gasteiger partial charge on any atom is -0.489 e. The number of halogens is 2. The predicted molar refractivity (Wildman–Crippen MR) is 103 cm³/mol. The molecule has 3 aromatic rings. The maximum absolute atomic E-state index is 11.4. The summed E-state index contributed by atoms with van der Waals surface area (Å²) in [4.78, 5) is 11.4. The van der Waals surface area contributed by atoms with E-state index in [4.69, 9.17) is 32.7 Å². The van der Waals surface area contributed by atoms with Crippen LogP contribution in [0.4, 0.5) is 0 Å². The summed E-state index contributed by atoms with van der Waals surface area (Å²) in [5, 5.41) is 1.35. The van der Waals surface area contributed by atoms with Gasteiger partial charge in [-0.3, -0.25) is 4.79 Å². The summed E-state index contributed by atoms with van der Waals surface area (Å²) in [5.74, 6) is 1.11. The van der Waals surface area contributed by atoms with Gasteiger partial charge < -0.3 is 9.47 Å². The number of benzene rings is 3. The number of carbonyl (C=O) groups excluding carboxylic acids is 1. The van der Waals surface area contributed by atoms with Crippen LogP contribution in [-0.4, -0.2) is 6.29 Å². The van der Waals surface area contributed by atoms with E-state index in [9.17, 15) is 4.79 Å². The Labute approximate surface area is 162 Å². The van der Waals surface area contributed by atoms with Gasteiger partial charge in [0.25, 0.3) is 0 Å². The zero-order valence-corrected chi connectivity index (χ0v) is 15.3. The standard InChI is InChI=1S/C21H16Cl2O3/c22-18-5-1-15(2-6-18)13-25-20-9-10-21(17(11-20)12-24)26-14-16-3-7-19(23)8-4-16/h1-12H,13-14H2. The molecular weight excluding hydrogens is 371 g/mol. The van der Waals surface area contributed by atoms with Crippen molar-refractivity contribution >= 4 is 29.5 Å². The Kier molecular flexibility index (Phi) is 6.16. The highest BCUT2D eigenvalue weighted by Crippen LogP contribution is 2.25. The van der Waals surface area contributed by atoms with Gasteiger partial charge in [-0.05, 0) is 53.6 Å². The van der Waals surface area contributed by atoms with Crippen LogP contribution in [0.25, 0.3) is 0 Å². The van der Waals surface area contributed by atoms with Crippen molar-refractivity contribution in [3.05, 3.63) is 93.5 Å². The summed E-state index contributed by atoms with van der Waals surface area (Å²) in [5.41, 5.74) is 2.40. The van der Waals surface area contributed by atoms with Gasteiger partial charge in [0.1, 0.15) is 24.7 Å². The van der Waals surface area contributed by atoms with E-state index in [1.54, 1.807) is 30.3 Å². The van der Waals surface area contributed by atoms with Crippen LogP contribution in [0, 0.1) is 0 Å². The molecule has 0 spiro atoms. The summed E-state index contributed by atoms with van der Waals surface area (Å²) >= 11 is 11.7. The topological polar surface area (TPSA) is 35.5 Å². The first-order chi connectivity index (χ1) is 12.6. The van der Waals surface area contributed by atoms with Crippen molar-refractivity contribution in [2.24, 2.45) is 0 Å². The van der Waals surface area contributed by atoms with Crippen LogP contribution in [0.15, 0.2) is 66.7 Å². The second-order valence-corrected chi connectivity index (χ2v) is 6.52. The van der Waals surface area contributed by atoms with E-state index >= 15 is 0 Å². The van der Waals surface area contributed by atoms with Crippen LogP contribution in [-0.2, 0) is 13.2 Å². The molecule has 0 saturated carbocycles. The lowest BCUT2D eigenvalue weighted by atomic mass is 10.2. The Balaban J connectivity index is 1.64. The van der Waals surface area contributed by atoms with Crippen LogP contribution in [0.1, 0.15) is 21.5 Å². The van der Waals surface area contributed by atoms with Gasteiger partial charge in [-0.1, -0.05) is 47.5 Å². The third kappa shape index (κ3) is 5.01. The second kappa shape index (κ2) is 8.75. The Bertz CT molecular complexity index is 875. The lowest BCUT2D eigenvalue weighted by molar-refractivity contribution is 0.111. The van der Waals surface area contributed by atoms with Crippen molar-refractivity contribution in [3.63, 3.8) is 0 Å². The van der Waals surface area contributed by atoms with Crippen molar-refractivity contribution in [1.29, 1.82) is 0 Å². The average Bonchev–Trinajstić information content (AvgIpc) is 2.67. The van der Waals surface area contributed by atoms with Gasteiger partial charge in [-0.25, -0.2) is 0 Å². The van der Waals surface area contributed by atoms with Gasteiger partial charge in [-0.2, -0.15) is 0 Å². The number of carbonyl (C=O) groups is 1. The zero-order chi connectivity index (χ0) is 18.4. The predicted octanol–water partition coefficient (Wildman–Crippen LogP) is 5.96. The van der Waals surface area contributed by atoms with Crippen LogP contribution < -0.4 is 9.47 Å². The van der Waals surface area contributed by atoms with Gasteiger partial charge in [-0.15, -0.1) is 0 Å². The molecule has 0 N–H and O–H groups in total. The highest BCUT2D eigenvalue weighted by atomic mass is 35.5. The molecule has 26 heavy (non-hydrogen) atoms. The molecule has 0 aliphatic rings. The quantitative estimate of drug-likeness (QED) is 0.469. The summed E-state index contributed by atoms with van der Waals surface area (Å²) in [6.07, 6.45) is 0.756. The summed E-state index contributed by atoms with van der Waals surface area (Å²) < 4.78 is 11.5. The molecule has 0 saturated heterocycles. The van der Waals surface area contributed by atoms with E-state index in [0.717, 1.165) is 17.4 Å². The molecule has 0 bridgehead atoms. The fourth-order valence-electron chi connectivity index (χ4n) is 2.33. The maximum Gasteiger partial charge on any atom is 0.153 e. The van der Waals surface area contributed by atoms with Crippen LogP contribution in [0.3, 0.4) is 0 Å². The van der Waals surface area contributed by atoms with E-state index in [1.807, 2.05) is 36.4 Å². The molecule has 0 fully saturated rings. The molecule has 0 aliphatic carbocycles. The van der Waals surface area contributed by atoms with E-state index in [-0.39, 0.29) is 0 Å². The molecule has 3 rings (SSSR count). The smallest absolute Gasteiger partial charge is 0.153 e. The highest BCUT2D eigenvalue weighted by Gasteiger charge is 2.07. The lowest BCUT2D eigenvalue weighted by Gasteiger charge is -2.11. The molecule has 3 aromatic carbocycles. The van der Waals surface area contributed by atoms with Gasteiger partial charge in [0.05, 0.1) is 5.56 Å². The normalized spacial score (nSPS) is 10.4. The van der Waals surface area contributed by atoms with Crippen molar-refractivity contribution in [1.82, 2.24) is 0 Å². The largest absolute Gasteiger partial charge is 0.489 e. The van der Waals surface area contributed by atoms with Crippen molar-refractivity contribution in [2.45, 2.75) is 13.2 Å².